The number of aliphatic hydroxyl groups is 1. The standard InChI is InChI=1S/C15H23NO4/c1-5-13(16-15(2,3)18)20-12-8-6-11(7-9-12)10-14(17)19-4/h6-9,13,16,18H,5,10H2,1-4H3. The molecular weight excluding hydrogens is 258 g/mol. The van der Waals surface area contributed by atoms with Crippen LogP contribution in [0.2, 0.25) is 0 Å². The summed E-state index contributed by atoms with van der Waals surface area (Å²) in [5, 5.41) is 12.7. The van der Waals surface area contributed by atoms with Gasteiger partial charge >= 0.3 is 5.97 Å². The van der Waals surface area contributed by atoms with Crippen molar-refractivity contribution in [2.24, 2.45) is 0 Å². The van der Waals surface area contributed by atoms with Gasteiger partial charge in [0, 0.05) is 0 Å². The SMILES string of the molecule is CCC(NC(C)(C)O)Oc1ccc(CC(=O)OC)cc1. The Labute approximate surface area is 119 Å². The lowest BCUT2D eigenvalue weighted by Gasteiger charge is -2.27. The second-order valence-corrected chi connectivity index (χ2v) is 5.11. The quantitative estimate of drug-likeness (QED) is 0.589. The third kappa shape index (κ3) is 6.04. The summed E-state index contributed by atoms with van der Waals surface area (Å²) in [6.45, 7) is 5.30. The molecule has 0 amide bonds. The Morgan fingerprint density at radius 2 is 1.95 bits per heavy atom. The van der Waals surface area contributed by atoms with E-state index in [2.05, 4.69) is 10.1 Å². The number of hydrogen-bond donors (Lipinski definition) is 2. The summed E-state index contributed by atoms with van der Waals surface area (Å²) in [5.74, 6) is 0.413. The van der Waals surface area contributed by atoms with Gasteiger partial charge in [0.25, 0.3) is 0 Å². The summed E-state index contributed by atoms with van der Waals surface area (Å²) in [6, 6.07) is 7.24. The largest absolute Gasteiger partial charge is 0.475 e. The molecule has 0 radical (unpaired) electrons. The molecule has 1 aromatic carbocycles. The number of carbonyl (C=O) groups excluding carboxylic acids is 1. The highest BCUT2D eigenvalue weighted by Gasteiger charge is 2.18. The van der Waals surface area contributed by atoms with E-state index in [1.54, 1.807) is 26.0 Å². The van der Waals surface area contributed by atoms with E-state index in [-0.39, 0.29) is 18.6 Å². The molecule has 0 bridgehead atoms. The molecular formula is C15H23NO4. The second-order valence-electron chi connectivity index (χ2n) is 5.11. The first-order chi connectivity index (χ1) is 9.34. The number of esters is 1. The third-order valence-electron chi connectivity index (χ3n) is 2.66. The van der Waals surface area contributed by atoms with Crippen LogP contribution in [-0.4, -0.2) is 30.1 Å². The Balaban J connectivity index is 2.61. The molecule has 5 heteroatoms. The Bertz CT molecular complexity index is 422. The number of rotatable bonds is 7. The average molecular weight is 281 g/mol. The summed E-state index contributed by atoms with van der Waals surface area (Å²) >= 11 is 0. The van der Waals surface area contributed by atoms with Crippen molar-refractivity contribution >= 4 is 5.97 Å². The zero-order valence-corrected chi connectivity index (χ0v) is 12.5. The van der Waals surface area contributed by atoms with Gasteiger partial charge in [-0.1, -0.05) is 19.1 Å². The van der Waals surface area contributed by atoms with Crippen molar-refractivity contribution in [2.75, 3.05) is 7.11 Å². The van der Waals surface area contributed by atoms with E-state index >= 15 is 0 Å². The van der Waals surface area contributed by atoms with Crippen molar-refractivity contribution in [2.45, 2.75) is 45.6 Å². The van der Waals surface area contributed by atoms with Crippen LogP contribution in [-0.2, 0) is 16.0 Å². The minimum atomic E-state index is -0.995. The highest BCUT2D eigenvalue weighted by Crippen LogP contribution is 2.15. The molecule has 20 heavy (non-hydrogen) atoms. The molecule has 0 fully saturated rings. The van der Waals surface area contributed by atoms with Crippen molar-refractivity contribution in [3.8, 4) is 5.75 Å². The minimum absolute atomic E-state index is 0.246. The number of ether oxygens (including phenoxy) is 2. The van der Waals surface area contributed by atoms with Crippen LogP contribution in [0.1, 0.15) is 32.8 Å². The summed E-state index contributed by atoms with van der Waals surface area (Å²) in [7, 11) is 1.37. The van der Waals surface area contributed by atoms with Gasteiger partial charge in [-0.3, -0.25) is 10.1 Å². The molecule has 1 atom stereocenters. The lowest BCUT2D eigenvalue weighted by Crippen LogP contribution is -2.48. The van der Waals surface area contributed by atoms with Gasteiger partial charge in [-0.2, -0.15) is 0 Å². The number of benzene rings is 1. The molecule has 1 aromatic rings. The summed E-state index contributed by atoms with van der Waals surface area (Å²) in [4.78, 5) is 11.2. The fourth-order valence-electron chi connectivity index (χ4n) is 1.70. The number of nitrogens with one attached hydrogen (secondary N) is 1. The van der Waals surface area contributed by atoms with E-state index in [1.807, 2.05) is 19.1 Å². The zero-order chi connectivity index (χ0) is 15.2. The highest BCUT2D eigenvalue weighted by molar-refractivity contribution is 5.72. The second kappa shape index (κ2) is 7.26. The van der Waals surface area contributed by atoms with Gasteiger partial charge in [0.1, 0.15) is 11.5 Å². The molecule has 0 aromatic heterocycles. The van der Waals surface area contributed by atoms with E-state index in [9.17, 15) is 9.90 Å². The smallest absolute Gasteiger partial charge is 0.309 e. The third-order valence-corrected chi connectivity index (χ3v) is 2.66. The zero-order valence-electron chi connectivity index (χ0n) is 12.5. The molecule has 0 aliphatic carbocycles. The monoisotopic (exact) mass is 281 g/mol. The van der Waals surface area contributed by atoms with E-state index in [1.165, 1.54) is 7.11 Å². The fraction of sp³-hybridized carbons (Fsp3) is 0.533. The Morgan fingerprint density at radius 1 is 1.35 bits per heavy atom. The Hall–Kier alpha value is -1.59. The molecule has 1 unspecified atom stereocenters. The van der Waals surface area contributed by atoms with Crippen LogP contribution in [0, 0.1) is 0 Å². The predicted octanol–water partition coefficient (Wildman–Crippen LogP) is 1.83. The van der Waals surface area contributed by atoms with E-state index < -0.39 is 5.72 Å². The summed E-state index contributed by atoms with van der Waals surface area (Å²) in [5.41, 5.74) is -0.126. The first-order valence-electron chi connectivity index (χ1n) is 6.66. The van der Waals surface area contributed by atoms with Crippen LogP contribution < -0.4 is 10.1 Å². The van der Waals surface area contributed by atoms with Crippen LogP contribution in [0.3, 0.4) is 0 Å². The Kier molecular flexibility index (Phi) is 5.98. The molecule has 1 rings (SSSR count). The van der Waals surface area contributed by atoms with E-state index in [4.69, 9.17) is 4.74 Å². The van der Waals surface area contributed by atoms with Crippen LogP contribution >= 0.6 is 0 Å². The van der Waals surface area contributed by atoms with Crippen LogP contribution in [0.4, 0.5) is 0 Å². The van der Waals surface area contributed by atoms with Gasteiger partial charge in [0.2, 0.25) is 0 Å². The van der Waals surface area contributed by atoms with Gasteiger partial charge in [-0.25, -0.2) is 0 Å². The van der Waals surface area contributed by atoms with Crippen molar-refractivity contribution in [1.29, 1.82) is 0 Å². The molecule has 0 heterocycles. The predicted molar refractivity (Wildman–Crippen MR) is 76.3 cm³/mol. The van der Waals surface area contributed by atoms with Gasteiger partial charge in [-0.15, -0.1) is 0 Å². The maximum atomic E-state index is 11.2. The summed E-state index contributed by atoms with van der Waals surface area (Å²) in [6.07, 6.45) is 0.686. The molecule has 0 spiro atoms. The molecule has 0 aliphatic rings. The summed E-state index contributed by atoms with van der Waals surface area (Å²) < 4.78 is 10.4. The molecule has 2 N–H and O–H groups in total. The van der Waals surface area contributed by atoms with Gasteiger partial charge in [0.15, 0.2) is 6.23 Å². The molecule has 0 saturated carbocycles. The molecule has 0 saturated heterocycles. The topological polar surface area (TPSA) is 67.8 Å². The van der Waals surface area contributed by atoms with Gasteiger partial charge < -0.3 is 14.6 Å². The molecule has 5 nitrogen and oxygen atoms in total. The first-order valence-corrected chi connectivity index (χ1v) is 6.66. The average Bonchev–Trinajstić information content (AvgIpc) is 2.38. The van der Waals surface area contributed by atoms with Gasteiger partial charge in [-0.05, 0) is 38.0 Å². The number of carbonyl (C=O) groups is 1. The van der Waals surface area contributed by atoms with E-state index in [0.717, 1.165) is 5.56 Å². The number of hydrogen-bond acceptors (Lipinski definition) is 5. The molecule has 112 valence electrons. The Morgan fingerprint density at radius 3 is 2.40 bits per heavy atom. The van der Waals surface area contributed by atoms with Gasteiger partial charge in [0.05, 0.1) is 13.5 Å². The van der Waals surface area contributed by atoms with Crippen LogP contribution in [0.15, 0.2) is 24.3 Å². The molecule has 0 aliphatic heterocycles. The highest BCUT2D eigenvalue weighted by atomic mass is 16.5. The van der Waals surface area contributed by atoms with Crippen LogP contribution in [0.25, 0.3) is 0 Å². The fourth-order valence-corrected chi connectivity index (χ4v) is 1.70. The van der Waals surface area contributed by atoms with Crippen molar-refractivity contribution < 1.29 is 19.4 Å². The van der Waals surface area contributed by atoms with Crippen molar-refractivity contribution in [3.63, 3.8) is 0 Å². The first kappa shape index (κ1) is 16.5. The van der Waals surface area contributed by atoms with Crippen LogP contribution in [0.5, 0.6) is 5.75 Å². The van der Waals surface area contributed by atoms with Crippen molar-refractivity contribution in [3.05, 3.63) is 29.8 Å². The maximum absolute atomic E-state index is 11.2. The lowest BCUT2D eigenvalue weighted by molar-refractivity contribution is -0.139. The van der Waals surface area contributed by atoms with E-state index in [0.29, 0.717) is 12.2 Å². The lowest BCUT2D eigenvalue weighted by atomic mass is 10.1. The maximum Gasteiger partial charge on any atom is 0.309 e. The normalized spacial score (nSPS) is 12.8. The van der Waals surface area contributed by atoms with Crippen molar-refractivity contribution in [1.82, 2.24) is 5.32 Å². The minimum Gasteiger partial charge on any atom is -0.475 e. The number of methoxy groups -OCH3 is 1.